The molecule has 1 aromatic carbocycles. The van der Waals surface area contributed by atoms with Gasteiger partial charge in [-0.3, -0.25) is 10.1 Å². The second kappa shape index (κ2) is 5.85. The first-order chi connectivity index (χ1) is 8.90. The Balaban J connectivity index is 3.31. The molecule has 0 unspecified atom stereocenters. The second-order valence-corrected chi connectivity index (χ2v) is 3.60. The van der Waals surface area contributed by atoms with E-state index in [4.69, 9.17) is 14.2 Å². The van der Waals surface area contributed by atoms with Gasteiger partial charge in [0, 0.05) is 11.6 Å². The Labute approximate surface area is 109 Å². The van der Waals surface area contributed by atoms with Gasteiger partial charge in [-0.25, -0.2) is 4.79 Å². The van der Waals surface area contributed by atoms with Gasteiger partial charge in [0.2, 0.25) is 5.75 Å². The molecule has 102 valence electrons. The number of rotatable bonds is 5. The fraction of sp³-hybridized carbons (Fsp3) is 0.250. The molecule has 7 nitrogen and oxygen atoms in total. The molecule has 19 heavy (non-hydrogen) atoms. The van der Waals surface area contributed by atoms with Crippen LogP contribution in [0.3, 0.4) is 0 Å². The first-order valence-corrected chi connectivity index (χ1v) is 5.18. The maximum Gasteiger partial charge on any atom is 0.338 e. The number of hydrogen-bond acceptors (Lipinski definition) is 6. The zero-order valence-electron chi connectivity index (χ0n) is 10.8. The number of ether oxygens (including phenoxy) is 3. The number of nitro groups is 1. The van der Waals surface area contributed by atoms with E-state index in [-0.39, 0.29) is 22.8 Å². The Bertz CT molecular complexity index is 537. The largest absolute Gasteiger partial charge is 0.493 e. The molecule has 0 aromatic heterocycles. The number of carbonyl (C=O) groups excluding carboxylic acids is 1. The molecule has 0 N–H and O–H groups in total. The summed E-state index contributed by atoms with van der Waals surface area (Å²) in [5.41, 5.74) is -0.267. The number of carbonyl (C=O) groups is 1. The van der Waals surface area contributed by atoms with Crippen molar-refractivity contribution >= 4 is 11.7 Å². The van der Waals surface area contributed by atoms with Crippen LogP contribution in [0.25, 0.3) is 0 Å². The summed E-state index contributed by atoms with van der Waals surface area (Å²) < 4.78 is 14.8. The molecule has 1 aromatic rings. The van der Waals surface area contributed by atoms with Crippen molar-refractivity contribution in [3.05, 3.63) is 34.4 Å². The molecule has 0 aliphatic carbocycles. The van der Waals surface area contributed by atoms with Crippen LogP contribution >= 0.6 is 0 Å². The summed E-state index contributed by atoms with van der Waals surface area (Å²) in [7, 11) is 2.72. The number of benzene rings is 1. The van der Waals surface area contributed by atoms with Crippen molar-refractivity contribution in [3.8, 4) is 17.2 Å². The van der Waals surface area contributed by atoms with Gasteiger partial charge in [-0.05, 0) is 6.92 Å². The normalized spacial score (nSPS) is 9.63. The molecular formula is C12H13NO6. The van der Waals surface area contributed by atoms with E-state index < -0.39 is 16.6 Å². The van der Waals surface area contributed by atoms with Crippen LogP contribution in [0.2, 0.25) is 0 Å². The van der Waals surface area contributed by atoms with Gasteiger partial charge in [0.1, 0.15) is 0 Å². The minimum atomic E-state index is -0.754. The van der Waals surface area contributed by atoms with Crippen LogP contribution in [0.5, 0.6) is 17.2 Å². The smallest absolute Gasteiger partial charge is 0.338 e. The van der Waals surface area contributed by atoms with Gasteiger partial charge in [-0.1, -0.05) is 6.58 Å². The summed E-state index contributed by atoms with van der Waals surface area (Å²) in [6, 6.07) is 2.34. The van der Waals surface area contributed by atoms with Crippen molar-refractivity contribution in [1.82, 2.24) is 0 Å². The van der Waals surface area contributed by atoms with Crippen LogP contribution in [-0.4, -0.2) is 25.1 Å². The fourth-order valence-electron chi connectivity index (χ4n) is 1.26. The standard InChI is InChI=1S/C12H13NO6/c1-7(2)12(14)19-9-6-11(18-4)10(17-3)5-8(9)13(15)16/h5-6H,1H2,2-4H3. The minimum absolute atomic E-state index is 0.129. The highest BCUT2D eigenvalue weighted by Gasteiger charge is 2.23. The van der Waals surface area contributed by atoms with Gasteiger partial charge in [-0.2, -0.15) is 0 Å². The van der Waals surface area contributed by atoms with Gasteiger partial charge in [0.15, 0.2) is 11.5 Å². The van der Waals surface area contributed by atoms with Gasteiger partial charge in [-0.15, -0.1) is 0 Å². The van der Waals surface area contributed by atoms with Crippen molar-refractivity contribution in [3.63, 3.8) is 0 Å². The molecule has 0 saturated heterocycles. The topological polar surface area (TPSA) is 87.9 Å². The molecule has 0 heterocycles. The maximum atomic E-state index is 11.4. The average molecular weight is 267 g/mol. The number of nitro benzene ring substituents is 1. The average Bonchev–Trinajstić information content (AvgIpc) is 2.37. The summed E-state index contributed by atoms with van der Waals surface area (Å²) in [6.45, 7) is 4.84. The molecule has 0 atom stereocenters. The van der Waals surface area contributed by atoms with E-state index >= 15 is 0 Å². The maximum absolute atomic E-state index is 11.4. The lowest BCUT2D eigenvalue weighted by atomic mass is 10.2. The first-order valence-electron chi connectivity index (χ1n) is 5.18. The third kappa shape index (κ3) is 3.21. The number of nitrogens with zero attached hydrogens (tertiary/aromatic N) is 1. The Morgan fingerprint density at radius 1 is 1.21 bits per heavy atom. The van der Waals surface area contributed by atoms with Crippen LogP contribution < -0.4 is 14.2 Å². The molecule has 0 spiro atoms. The molecule has 0 aliphatic heterocycles. The predicted octanol–water partition coefficient (Wildman–Crippen LogP) is 2.09. The van der Waals surface area contributed by atoms with Gasteiger partial charge in [0.25, 0.3) is 0 Å². The lowest BCUT2D eigenvalue weighted by molar-refractivity contribution is -0.385. The molecule has 0 radical (unpaired) electrons. The van der Waals surface area contributed by atoms with E-state index in [9.17, 15) is 14.9 Å². The quantitative estimate of drug-likeness (QED) is 0.267. The van der Waals surface area contributed by atoms with Crippen LogP contribution in [-0.2, 0) is 4.79 Å². The third-order valence-corrected chi connectivity index (χ3v) is 2.21. The molecule has 7 heteroatoms. The van der Waals surface area contributed by atoms with Crippen molar-refractivity contribution in [2.24, 2.45) is 0 Å². The summed E-state index contributed by atoms with van der Waals surface area (Å²) >= 11 is 0. The minimum Gasteiger partial charge on any atom is -0.493 e. The zero-order valence-corrected chi connectivity index (χ0v) is 10.8. The molecule has 1 rings (SSSR count). The number of methoxy groups -OCH3 is 2. The Kier molecular flexibility index (Phi) is 4.46. The van der Waals surface area contributed by atoms with E-state index in [2.05, 4.69) is 6.58 Å². The van der Waals surface area contributed by atoms with Crippen LogP contribution in [0.1, 0.15) is 6.92 Å². The first kappa shape index (κ1) is 14.5. The highest BCUT2D eigenvalue weighted by atomic mass is 16.6. The van der Waals surface area contributed by atoms with E-state index in [1.54, 1.807) is 0 Å². The number of esters is 1. The molecule has 0 bridgehead atoms. The molecule has 0 aliphatic rings. The van der Waals surface area contributed by atoms with Crippen molar-refractivity contribution in [2.45, 2.75) is 6.92 Å². The lowest BCUT2D eigenvalue weighted by Crippen LogP contribution is -2.10. The number of hydrogen-bond donors (Lipinski definition) is 0. The van der Waals surface area contributed by atoms with Crippen molar-refractivity contribution < 1.29 is 23.9 Å². The van der Waals surface area contributed by atoms with Crippen LogP contribution in [0, 0.1) is 10.1 Å². The van der Waals surface area contributed by atoms with Crippen molar-refractivity contribution in [2.75, 3.05) is 14.2 Å². The van der Waals surface area contributed by atoms with Crippen LogP contribution in [0.4, 0.5) is 5.69 Å². The zero-order chi connectivity index (χ0) is 14.6. The summed E-state index contributed by atoms with van der Waals surface area (Å²) in [5.74, 6) is -0.590. The Morgan fingerprint density at radius 3 is 2.16 bits per heavy atom. The monoisotopic (exact) mass is 267 g/mol. The predicted molar refractivity (Wildman–Crippen MR) is 66.6 cm³/mol. The molecule has 0 amide bonds. The highest BCUT2D eigenvalue weighted by Crippen LogP contribution is 2.39. The van der Waals surface area contributed by atoms with Gasteiger partial charge < -0.3 is 14.2 Å². The third-order valence-electron chi connectivity index (χ3n) is 2.21. The Hall–Kier alpha value is -2.57. The second-order valence-electron chi connectivity index (χ2n) is 3.60. The van der Waals surface area contributed by atoms with E-state index in [0.717, 1.165) is 6.07 Å². The van der Waals surface area contributed by atoms with Crippen molar-refractivity contribution in [1.29, 1.82) is 0 Å². The van der Waals surface area contributed by atoms with E-state index in [0.29, 0.717) is 0 Å². The summed E-state index contributed by atoms with van der Waals surface area (Å²) in [5, 5.41) is 10.9. The fourth-order valence-corrected chi connectivity index (χ4v) is 1.26. The summed E-state index contributed by atoms with van der Waals surface area (Å²) in [4.78, 5) is 21.7. The lowest BCUT2D eigenvalue weighted by Gasteiger charge is -2.10. The molecule has 0 fully saturated rings. The van der Waals surface area contributed by atoms with Gasteiger partial charge >= 0.3 is 11.7 Å². The van der Waals surface area contributed by atoms with Crippen LogP contribution in [0.15, 0.2) is 24.3 Å². The highest BCUT2D eigenvalue weighted by molar-refractivity contribution is 5.89. The van der Waals surface area contributed by atoms with E-state index in [1.807, 2.05) is 0 Å². The molecular weight excluding hydrogens is 254 g/mol. The van der Waals surface area contributed by atoms with Gasteiger partial charge in [0.05, 0.1) is 25.2 Å². The SMILES string of the molecule is C=C(C)C(=O)Oc1cc(OC)c(OC)cc1[N+](=O)[O-]. The Morgan fingerprint density at radius 2 is 1.74 bits per heavy atom. The summed E-state index contributed by atoms with van der Waals surface area (Å²) in [6.07, 6.45) is 0. The van der Waals surface area contributed by atoms with E-state index in [1.165, 1.54) is 27.2 Å². The molecule has 0 saturated carbocycles.